The number of fused-ring (bicyclic) bond motifs is 1. The number of aromatic nitrogens is 1. The number of nitrogens with one attached hydrogen (secondary N) is 1. The Balaban J connectivity index is 1.57. The van der Waals surface area contributed by atoms with Gasteiger partial charge in [-0.25, -0.2) is 4.39 Å². The molecule has 1 amide bonds. The molecular formula is C23H15Cl2F4N3O2. The summed E-state index contributed by atoms with van der Waals surface area (Å²) in [5.74, 6) is -1.31. The van der Waals surface area contributed by atoms with Crippen LogP contribution in [0.2, 0.25) is 10.0 Å². The van der Waals surface area contributed by atoms with Gasteiger partial charge in [0.05, 0.1) is 15.8 Å². The highest BCUT2D eigenvalue weighted by Gasteiger charge is 2.62. The van der Waals surface area contributed by atoms with Crippen LogP contribution in [0, 0.1) is 5.82 Å². The summed E-state index contributed by atoms with van der Waals surface area (Å²) in [5, 5.41) is 6.49. The third-order valence-corrected chi connectivity index (χ3v) is 6.47. The number of pyridine rings is 1. The van der Waals surface area contributed by atoms with Gasteiger partial charge >= 0.3 is 6.18 Å². The van der Waals surface area contributed by atoms with E-state index >= 15 is 0 Å². The fourth-order valence-corrected chi connectivity index (χ4v) is 4.45. The van der Waals surface area contributed by atoms with Gasteiger partial charge in [-0.2, -0.15) is 13.2 Å². The lowest BCUT2D eigenvalue weighted by Crippen LogP contribution is -2.42. The molecule has 1 fully saturated rings. The number of hydrogen-bond acceptors (Lipinski definition) is 4. The summed E-state index contributed by atoms with van der Waals surface area (Å²) in [6, 6.07) is 6.46. The molecular weight excluding hydrogens is 497 g/mol. The van der Waals surface area contributed by atoms with Gasteiger partial charge in [0, 0.05) is 46.9 Å². The number of benzene rings is 2. The number of halogens is 6. The fourth-order valence-electron chi connectivity index (χ4n) is 3.97. The number of alkyl halides is 3. The van der Waals surface area contributed by atoms with Crippen LogP contribution in [0.4, 0.5) is 17.6 Å². The van der Waals surface area contributed by atoms with Crippen LogP contribution in [0.1, 0.15) is 40.7 Å². The summed E-state index contributed by atoms with van der Waals surface area (Å²) in [7, 11) is 0. The van der Waals surface area contributed by atoms with Crippen molar-refractivity contribution >= 4 is 45.6 Å². The summed E-state index contributed by atoms with van der Waals surface area (Å²) in [6.45, 7) is 0. The van der Waals surface area contributed by atoms with Gasteiger partial charge in [-0.05, 0) is 42.5 Å². The molecule has 1 atom stereocenters. The van der Waals surface area contributed by atoms with Crippen molar-refractivity contribution in [1.29, 1.82) is 0 Å². The quantitative estimate of drug-likeness (QED) is 0.337. The van der Waals surface area contributed by atoms with Gasteiger partial charge in [-0.1, -0.05) is 34.4 Å². The van der Waals surface area contributed by atoms with E-state index < -0.39 is 39.6 Å². The maximum Gasteiger partial charge on any atom is 0.435 e. The molecule has 5 nitrogen and oxygen atoms in total. The largest absolute Gasteiger partial charge is 0.435 e. The van der Waals surface area contributed by atoms with Crippen LogP contribution in [0.3, 0.4) is 0 Å². The van der Waals surface area contributed by atoms with Gasteiger partial charge in [-0.3, -0.25) is 9.78 Å². The van der Waals surface area contributed by atoms with Crippen molar-refractivity contribution in [1.82, 2.24) is 10.3 Å². The van der Waals surface area contributed by atoms with E-state index in [1.54, 1.807) is 6.07 Å². The SMILES string of the molecule is O=C(NC1CC1)c1ccc(C2=NO[C@@](c3cc(Cl)c(F)c(Cl)c3)(C(F)(F)F)C2)c2ccncc12. The zero-order valence-corrected chi connectivity index (χ0v) is 18.7. The van der Waals surface area contributed by atoms with Crippen molar-refractivity contribution in [2.75, 3.05) is 0 Å². The molecule has 0 unspecified atom stereocenters. The predicted molar refractivity (Wildman–Crippen MR) is 119 cm³/mol. The second-order valence-corrected chi connectivity index (χ2v) is 9.03. The second kappa shape index (κ2) is 8.09. The average molecular weight is 512 g/mol. The Morgan fingerprint density at radius 1 is 1.12 bits per heavy atom. The lowest BCUT2D eigenvalue weighted by Gasteiger charge is -2.29. The highest BCUT2D eigenvalue weighted by atomic mass is 35.5. The van der Waals surface area contributed by atoms with E-state index in [2.05, 4.69) is 15.5 Å². The monoisotopic (exact) mass is 511 g/mol. The third-order valence-electron chi connectivity index (χ3n) is 5.92. The van der Waals surface area contributed by atoms with Crippen molar-refractivity contribution in [2.45, 2.75) is 37.1 Å². The zero-order valence-electron chi connectivity index (χ0n) is 17.2. The number of carbonyl (C=O) groups is 1. The molecule has 1 aliphatic heterocycles. The predicted octanol–water partition coefficient (Wildman–Crippen LogP) is 6.16. The Hall–Kier alpha value is -2.91. The smallest absolute Gasteiger partial charge is 0.374 e. The number of hydrogen-bond donors (Lipinski definition) is 1. The molecule has 1 aromatic heterocycles. The minimum atomic E-state index is -4.93. The molecule has 0 radical (unpaired) electrons. The van der Waals surface area contributed by atoms with E-state index in [9.17, 15) is 22.4 Å². The first-order chi connectivity index (χ1) is 16.1. The standard InChI is InChI=1S/C23H15Cl2F4N3O2/c24-17-7-11(8-18(25)20(17)26)22(23(27,28)29)9-19(32-34-22)14-3-4-15(21(33)31-12-1-2-12)16-10-30-6-5-13(14)16/h3-8,10,12H,1-2,9H2,(H,31,33)/t22-/m0/s1. The molecule has 0 spiro atoms. The summed E-state index contributed by atoms with van der Waals surface area (Å²) in [4.78, 5) is 21.7. The van der Waals surface area contributed by atoms with E-state index in [0.717, 1.165) is 25.0 Å². The molecule has 2 aromatic carbocycles. The Kier molecular flexibility index (Phi) is 5.44. The molecule has 1 aliphatic carbocycles. The third kappa shape index (κ3) is 3.76. The highest BCUT2D eigenvalue weighted by Crippen LogP contribution is 2.50. The Bertz CT molecular complexity index is 1330. The molecule has 2 heterocycles. The van der Waals surface area contributed by atoms with Crippen molar-refractivity contribution < 1.29 is 27.2 Å². The average Bonchev–Trinajstić information content (AvgIpc) is 3.48. The first kappa shape index (κ1) is 22.9. The van der Waals surface area contributed by atoms with E-state index in [0.29, 0.717) is 21.9 Å². The van der Waals surface area contributed by atoms with Crippen molar-refractivity contribution in [3.63, 3.8) is 0 Å². The number of carbonyl (C=O) groups excluding carboxylic acids is 1. The second-order valence-electron chi connectivity index (χ2n) is 8.21. The topological polar surface area (TPSA) is 63.6 Å². The van der Waals surface area contributed by atoms with Gasteiger partial charge in [-0.15, -0.1) is 0 Å². The fraction of sp³-hybridized carbons (Fsp3) is 0.261. The first-order valence-corrected chi connectivity index (χ1v) is 11.0. The van der Waals surface area contributed by atoms with Crippen LogP contribution in [-0.2, 0) is 10.4 Å². The summed E-state index contributed by atoms with van der Waals surface area (Å²) < 4.78 is 56.8. The van der Waals surface area contributed by atoms with Crippen LogP contribution >= 0.6 is 23.2 Å². The van der Waals surface area contributed by atoms with E-state index in [-0.39, 0.29) is 17.7 Å². The first-order valence-electron chi connectivity index (χ1n) is 10.3. The van der Waals surface area contributed by atoms with E-state index in [4.69, 9.17) is 28.0 Å². The van der Waals surface area contributed by atoms with Gasteiger partial charge in [0.1, 0.15) is 0 Å². The van der Waals surface area contributed by atoms with Crippen molar-refractivity contribution in [3.05, 3.63) is 75.3 Å². The highest BCUT2D eigenvalue weighted by molar-refractivity contribution is 6.35. The molecule has 1 saturated carbocycles. The Morgan fingerprint density at radius 3 is 2.47 bits per heavy atom. The van der Waals surface area contributed by atoms with E-state index in [1.165, 1.54) is 24.5 Å². The lowest BCUT2D eigenvalue weighted by molar-refractivity contribution is -0.275. The maximum absolute atomic E-state index is 14.3. The molecule has 0 bridgehead atoms. The maximum atomic E-state index is 14.3. The summed E-state index contributed by atoms with van der Waals surface area (Å²) in [6.07, 6.45) is -0.866. The normalized spacial score (nSPS) is 20.2. The lowest BCUT2D eigenvalue weighted by atomic mass is 9.85. The molecule has 11 heteroatoms. The molecule has 176 valence electrons. The van der Waals surface area contributed by atoms with Crippen LogP contribution in [0.5, 0.6) is 0 Å². The molecule has 34 heavy (non-hydrogen) atoms. The van der Waals surface area contributed by atoms with Crippen LogP contribution in [-0.4, -0.2) is 28.8 Å². The molecule has 2 aliphatic rings. The number of rotatable bonds is 4. The Labute approximate surface area is 200 Å². The van der Waals surface area contributed by atoms with Crippen molar-refractivity contribution in [2.24, 2.45) is 5.16 Å². The van der Waals surface area contributed by atoms with Gasteiger partial charge < -0.3 is 10.2 Å². The summed E-state index contributed by atoms with van der Waals surface area (Å²) in [5.41, 5.74) is -2.67. The van der Waals surface area contributed by atoms with Crippen LogP contribution in [0.15, 0.2) is 47.9 Å². The molecule has 5 rings (SSSR count). The van der Waals surface area contributed by atoms with Crippen LogP contribution in [0.25, 0.3) is 10.8 Å². The number of amides is 1. The summed E-state index contributed by atoms with van der Waals surface area (Å²) >= 11 is 11.5. The van der Waals surface area contributed by atoms with Crippen LogP contribution < -0.4 is 5.32 Å². The van der Waals surface area contributed by atoms with Gasteiger partial charge in [0.25, 0.3) is 11.5 Å². The Morgan fingerprint density at radius 2 is 1.82 bits per heavy atom. The zero-order chi connectivity index (χ0) is 24.3. The number of oxime groups is 1. The van der Waals surface area contributed by atoms with Gasteiger partial charge in [0.2, 0.25) is 0 Å². The van der Waals surface area contributed by atoms with Gasteiger partial charge in [0.15, 0.2) is 5.82 Å². The minimum absolute atomic E-state index is 0.000698. The molecule has 1 N–H and O–H groups in total. The molecule has 0 saturated heterocycles. The number of nitrogens with zero attached hydrogens (tertiary/aromatic N) is 2. The minimum Gasteiger partial charge on any atom is -0.374 e. The van der Waals surface area contributed by atoms with Crippen molar-refractivity contribution in [3.8, 4) is 0 Å². The van der Waals surface area contributed by atoms with E-state index in [1.807, 2.05) is 0 Å². The molecule has 3 aromatic rings.